The first-order chi connectivity index (χ1) is 5.47. The summed E-state index contributed by atoms with van der Waals surface area (Å²) in [5.41, 5.74) is 0. The third-order valence-corrected chi connectivity index (χ3v) is 2.66. The van der Waals surface area contributed by atoms with Crippen LogP contribution in [0.3, 0.4) is 0 Å². The predicted molar refractivity (Wildman–Crippen MR) is 47.8 cm³/mol. The highest BCUT2D eigenvalue weighted by Crippen LogP contribution is 2.34. The predicted octanol–water partition coefficient (Wildman–Crippen LogP) is 2.53. The molecule has 1 rings (SSSR count). The van der Waals surface area contributed by atoms with Gasteiger partial charge in [-0.05, 0) is 17.7 Å². The zero-order valence-corrected chi connectivity index (χ0v) is 7.84. The van der Waals surface area contributed by atoms with Crippen LogP contribution in [-0.2, 0) is 0 Å². The van der Waals surface area contributed by atoms with Gasteiger partial charge in [-0.3, -0.25) is 10.1 Å². The third kappa shape index (κ3) is 1.47. The van der Waals surface area contributed by atoms with Crippen LogP contribution in [0, 0.1) is 16.0 Å². The van der Waals surface area contributed by atoms with Crippen LogP contribution >= 0.6 is 23.2 Å². The first kappa shape index (κ1) is 9.55. The van der Waals surface area contributed by atoms with E-state index in [0.29, 0.717) is 5.03 Å². The maximum absolute atomic E-state index is 10.5. The number of halogens is 2. The Balaban J connectivity index is 2.99. The standard InChI is InChI=1S/C7H7Cl2NO2/c1-5-4-6(8)2-3-7(5,9)10(11)12/h2-5H,1H3. The van der Waals surface area contributed by atoms with Gasteiger partial charge in [0.05, 0.1) is 5.92 Å². The molecule has 2 atom stereocenters. The molecule has 0 N–H and O–H groups in total. The average Bonchev–Trinajstić information content (AvgIpc) is 1.97. The molecule has 0 saturated carbocycles. The van der Waals surface area contributed by atoms with Gasteiger partial charge in [-0.25, -0.2) is 0 Å². The minimum Gasteiger partial charge on any atom is -0.262 e. The number of hydrogen-bond donors (Lipinski definition) is 0. The first-order valence-electron chi connectivity index (χ1n) is 3.37. The molecule has 0 aromatic carbocycles. The van der Waals surface area contributed by atoms with Gasteiger partial charge >= 0.3 is 5.00 Å². The van der Waals surface area contributed by atoms with E-state index >= 15 is 0 Å². The topological polar surface area (TPSA) is 43.1 Å². The summed E-state index contributed by atoms with van der Waals surface area (Å²) in [6.45, 7) is 1.65. The zero-order chi connectivity index (χ0) is 9.35. The fourth-order valence-corrected chi connectivity index (χ4v) is 1.36. The van der Waals surface area contributed by atoms with Crippen LogP contribution in [0.5, 0.6) is 0 Å². The summed E-state index contributed by atoms with van der Waals surface area (Å²) < 4.78 is 0. The Labute approximate surface area is 79.8 Å². The van der Waals surface area contributed by atoms with E-state index in [4.69, 9.17) is 23.2 Å². The van der Waals surface area contributed by atoms with Gasteiger partial charge < -0.3 is 0 Å². The van der Waals surface area contributed by atoms with Crippen molar-refractivity contribution in [3.63, 3.8) is 0 Å². The lowest BCUT2D eigenvalue weighted by atomic mass is 9.97. The number of allylic oxidation sites excluding steroid dienone is 2. The highest BCUT2D eigenvalue weighted by atomic mass is 35.5. The molecule has 0 aromatic heterocycles. The molecule has 0 saturated heterocycles. The van der Waals surface area contributed by atoms with Crippen LogP contribution in [0.1, 0.15) is 6.92 Å². The van der Waals surface area contributed by atoms with E-state index in [2.05, 4.69) is 0 Å². The Hall–Kier alpha value is -0.540. The molecule has 0 spiro atoms. The Morgan fingerprint density at radius 3 is 2.75 bits per heavy atom. The monoisotopic (exact) mass is 207 g/mol. The van der Waals surface area contributed by atoms with Crippen molar-refractivity contribution in [3.8, 4) is 0 Å². The Morgan fingerprint density at radius 1 is 1.75 bits per heavy atom. The molecule has 1 aliphatic carbocycles. The van der Waals surface area contributed by atoms with Gasteiger partial charge in [0.1, 0.15) is 0 Å². The fourth-order valence-electron chi connectivity index (χ4n) is 0.987. The molecule has 0 heterocycles. The molecule has 0 fully saturated rings. The van der Waals surface area contributed by atoms with Gasteiger partial charge in [-0.15, -0.1) is 0 Å². The van der Waals surface area contributed by atoms with Crippen molar-refractivity contribution < 1.29 is 4.92 Å². The average molecular weight is 208 g/mol. The van der Waals surface area contributed by atoms with Crippen molar-refractivity contribution in [2.75, 3.05) is 0 Å². The third-order valence-electron chi connectivity index (χ3n) is 1.80. The van der Waals surface area contributed by atoms with Crippen molar-refractivity contribution in [3.05, 3.63) is 33.4 Å². The lowest BCUT2D eigenvalue weighted by Crippen LogP contribution is -2.37. The molecular formula is C7H7Cl2NO2. The largest absolute Gasteiger partial charge is 0.319 e. The van der Waals surface area contributed by atoms with E-state index in [-0.39, 0.29) is 0 Å². The maximum atomic E-state index is 10.5. The molecule has 0 amide bonds. The van der Waals surface area contributed by atoms with Crippen LogP contribution in [0.4, 0.5) is 0 Å². The molecule has 0 bridgehead atoms. The molecule has 0 aliphatic heterocycles. The van der Waals surface area contributed by atoms with Gasteiger partial charge in [-0.1, -0.05) is 24.6 Å². The molecule has 0 aromatic rings. The Bertz CT molecular complexity index is 275. The second kappa shape index (κ2) is 3.07. The first-order valence-corrected chi connectivity index (χ1v) is 4.12. The molecule has 3 nitrogen and oxygen atoms in total. The van der Waals surface area contributed by atoms with E-state index in [1.54, 1.807) is 13.0 Å². The molecule has 0 radical (unpaired) electrons. The second-order valence-corrected chi connectivity index (χ2v) is 3.70. The quantitative estimate of drug-likeness (QED) is 0.287. The molecule has 2 unspecified atom stereocenters. The summed E-state index contributed by atoms with van der Waals surface area (Å²) in [6.07, 6.45) is 4.32. The molecule has 1 aliphatic rings. The Kier molecular flexibility index (Phi) is 2.44. The number of alkyl halides is 1. The zero-order valence-electron chi connectivity index (χ0n) is 6.33. The Morgan fingerprint density at radius 2 is 2.33 bits per heavy atom. The lowest BCUT2D eigenvalue weighted by Gasteiger charge is -2.21. The summed E-state index contributed by atoms with van der Waals surface area (Å²) in [4.78, 5) is 8.50. The fraction of sp³-hybridized carbons (Fsp3) is 0.429. The van der Waals surface area contributed by atoms with Gasteiger partial charge in [0.15, 0.2) is 0 Å². The van der Waals surface area contributed by atoms with Gasteiger partial charge in [0.25, 0.3) is 0 Å². The van der Waals surface area contributed by atoms with Crippen LogP contribution in [0.2, 0.25) is 0 Å². The van der Waals surface area contributed by atoms with Crippen LogP contribution in [0.15, 0.2) is 23.3 Å². The van der Waals surface area contributed by atoms with E-state index in [0.717, 1.165) is 0 Å². The summed E-state index contributed by atoms with van der Waals surface area (Å²) in [5, 5.41) is 11.0. The van der Waals surface area contributed by atoms with Crippen molar-refractivity contribution in [1.82, 2.24) is 0 Å². The number of rotatable bonds is 1. The van der Waals surface area contributed by atoms with E-state index in [1.807, 2.05) is 0 Å². The van der Waals surface area contributed by atoms with Gasteiger partial charge in [0, 0.05) is 16.0 Å². The molecule has 12 heavy (non-hydrogen) atoms. The van der Waals surface area contributed by atoms with Crippen LogP contribution < -0.4 is 0 Å². The summed E-state index contributed by atoms with van der Waals surface area (Å²) in [5.74, 6) is -0.397. The minimum atomic E-state index is -1.53. The van der Waals surface area contributed by atoms with Crippen molar-refractivity contribution in [2.45, 2.75) is 11.9 Å². The maximum Gasteiger partial charge on any atom is 0.319 e. The van der Waals surface area contributed by atoms with Crippen LogP contribution in [0.25, 0.3) is 0 Å². The minimum absolute atomic E-state index is 0.397. The van der Waals surface area contributed by atoms with Gasteiger partial charge in [-0.2, -0.15) is 0 Å². The SMILES string of the molecule is CC1C=C(Cl)C=CC1(Cl)[N+](=O)[O-]. The van der Waals surface area contributed by atoms with E-state index in [1.165, 1.54) is 12.2 Å². The summed E-state index contributed by atoms with van der Waals surface area (Å²) in [7, 11) is 0. The number of nitrogens with zero attached hydrogens (tertiary/aromatic N) is 1. The summed E-state index contributed by atoms with van der Waals surface area (Å²) >= 11 is 11.4. The number of hydrogen-bond acceptors (Lipinski definition) is 2. The molecule has 5 heteroatoms. The second-order valence-electron chi connectivity index (χ2n) is 2.66. The molecular weight excluding hydrogens is 201 g/mol. The highest BCUT2D eigenvalue weighted by Gasteiger charge is 2.44. The number of nitro groups is 1. The van der Waals surface area contributed by atoms with E-state index in [9.17, 15) is 10.1 Å². The van der Waals surface area contributed by atoms with Crippen molar-refractivity contribution in [2.24, 2.45) is 5.92 Å². The van der Waals surface area contributed by atoms with Crippen molar-refractivity contribution >= 4 is 23.2 Å². The van der Waals surface area contributed by atoms with Gasteiger partial charge in [0.2, 0.25) is 0 Å². The van der Waals surface area contributed by atoms with Crippen molar-refractivity contribution in [1.29, 1.82) is 0 Å². The molecule has 66 valence electrons. The van der Waals surface area contributed by atoms with Crippen LogP contribution in [-0.4, -0.2) is 9.92 Å². The normalized spacial score (nSPS) is 34.6. The highest BCUT2D eigenvalue weighted by molar-refractivity contribution is 6.32. The summed E-state index contributed by atoms with van der Waals surface area (Å²) in [6, 6.07) is 0. The van der Waals surface area contributed by atoms with E-state index < -0.39 is 15.8 Å². The lowest BCUT2D eigenvalue weighted by molar-refractivity contribution is -0.534. The smallest absolute Gasteiger partial charge is 0.262 e.